The number of nitrogens with zero attached hydrogens (tertiary/aromatic N) is 2. The summed E-state index contributed by atoms with van der Waals surface area (Å²) in [5.74, 6) is 1.69. The Morgan fingerprint density at radius 1 is 1.40 bits per heavy atom. The number of carbonyl (C=O) groups excluding carboxylic acids is 1. The van der Waals surface area contributed by atoms with Gasteiger partial charge in [0.05, 0.1) is 10.9 Å². The molecule has 4 nitrogen and oxygen atoms in total. The predicted octanol–water partition coefficient (Wildman–Crippen LogP) is 2.91. The molecule has 4 heteroatoms. The maximum absolute atomic E-state index is 12.6. The monoisotopic (exact) mass is 269 g/mol. The molecule has 2 aliphatic rings. The number of imidazole rings is 1. The molecule has 2 fully saturated rings. The summed E-state index contributed by atoms with van der Waals surface area (Å²) < 4.78 is 0. The number of fused-ring (bicyclic) bond motifs is 3. The van der Waals surface area contributed by atoms with Crippen LogP contribution >= 0.6 is 0 Å². The summed E-state index contributed by atoms with van der Waals surface area (Å²) >= 11 is 0. The van der Waals surface area contributed by atoms with Crippen LogP contribution in [0.3, 0.4) is 0 Å². The maximum Gasteiger partial charge on any atom is 0.177 e. The van der Waals surface area contributed by atoms with Crippen LogP contribution in [0.15, 0.2) is 12.3 Å². The first-order valence-electron chi connectivity index (χ1n) is 7.31. The third-order valence-electron chi connectivity index (χ3n) is 5.77. The number of H-pyrrole nitrogens is 1. The highest BCUT2D eigenvalue weighted by Gasteiger charge is 2.66. The van der Waals surface area contributed by atoms with Crippen molar-refractivity contribution in [1.82, 2.24) is 15.0 Å². The molecule has 2 atom stereocenters. The Kier molecular flexibility index (Phi) is 2.10. The third kappa shape index (κ3) is 1.20. The van der Waals surface area contributed by atoms with Crippen LogP contribution in [0.1, 0.15) is 44.5 Å². The fraction of sp³-hybridized carbons (Fsp3) is 0.562. The van der Waals surface area contributed by atoms with E-state index >= 15 is 0 Å². The number of aromatic nitrogens is 3. The van der Waals surface area contributed by atoms with E-state index in [4.69, 9.17) is 0 Å². The lowest BCUT2D eigenvalue weighted by Crippen LogP contribution is -2.41. The zero-order chi connectivity index (χ0) is 14.1. The van der Waals surface area contributed by atoms with Gasteiger partial charge < -0.3 is 4.98 Å². The highest BCUT2D eigenvalue weighted by molar-refractivity contribution is 5.95. The Morgan fingerprint density at radius 2 is 2.20 bits per heavy atom. The lowest BCUT2D eigenvalue weighted by molar-refractivity contribution is -0.124. The molecule has 2 unspecified atom stereocenters. The molecule has 2 saturated carbocycles. The van der Waals surface area contributed by atoms with Crippen molar-refractivity contribution in [2.24, 2.45) is 11.3 Å². The zero-order valence-electron chi connectivity index (χ0n) is 12.2. The number of pyridine rings is 1. The Bertz CT molecular complexity index is 730. The van der Waals surface area contributed by atoms with Gasteiger partial charge in [-0.3, -0.25) is 4.79 Å². The van der Waals surface area contributed by atoms with Crippen LogP contribution in [0.25, 0.3) is 11.2 Å². The third-order valence-corrected chi connectivity index (χ3v) is 5.77. The molecule has 2 aliphatic carbocycles. The molecule has 104 valence electrons. The van der Waals surface area contributed by atoms with Crippen molar-refractivity contribution in [1.29, 1.82) is 0 Å². The van der Waals surface area contributed by atoms with E-state index in [1.165, 1.54) is 0 Å². The Labute approximate surface area is 118 Å². The van der Waals surface area contributed by atoms with Crippen LogP contribution in [0, 0.1) is 18.3 Å². The highest BCUT2D eigenvalue weighted by Crippen LogP contribution is 2.63. The van der Waals surface area contributed by atoms with Crippen LogP contribution in [0.5, 0.6) is 0 Å². The molecule has 0 amide bonds. The quantitative estimate of drug-likeness (QED) is 0.866. The molecule has 0 spiro atoms. The van der Waals surface area contributed by atoms with Gasteiger partial charge in [-0.15, -0.1) is 0 Å². The first kappa shape index (κ1) is 12.1. The Hall–Kier alpha value is -1.71. The summed E-state index contributed by atoms with van der Waals surface area (Å²) in [6, 6.07) is 2.05. The SMILES string of the molecule is Cc1cnc2nc(C34CCC(CC3=O)C4(C)C)[nH]c2c1. The lowest BCUT2D eigenvalue weighted by atomic mass is 9.68. The second kappa shape index (κ2) is 3.48. The summed E-state index contributed by atoms with van der Waals surface area (Å²) in [5, 5.41) is 0. The van der Waals surface area contributed by atoms with Crippen LogP contribution < -0.4 is 0 Å². The highest BCUT2D eigenvalue weighted by atomic mass is 16.1. The van der Waals surface area contributed by atoms with E-state index in [1.54, 1.807) is 0 Å². The van der Waals surface area contributed by atoms with Gasteiger partial charge in [-0.1, -0.05) is 13.8 Å². The molecule has 2 heterocycles. The number of nitrogens with one attached hydrogen (secondary N) is 1. The Morgan fingerprint density at radius 3 is 2.85 bits per heavy atom. The van der Waals surface area contributed by atoms with Gasteiger partial charge in [-0.05, 0) is 42.7 Å². The first-order valence-corrected chi connectivity index (χ1v) is 7.31. The minimum atomic E-state index is -0.424. The minimum Gasteiger partial charge on any atom is -0.340 e. The van der Waals surface area contributed by atoms with Crippen LogP contribution in [0.4, 0.5) is 0 Å². The molecule has 4 rings (SSSR count). The van der Waals surface area contributed by atoms with Crippen molar-refractivity contribution in [2.75, 3.05) is 0 Å². The predicted molar refractivity (Wildman–Crippen MR) is 76.4 cm³/mol. The van der Waals surface area contributed by atoms with Crippen LogP contribution in [-0.2, 0) is 10.2 Å². The van der Waals surface area contributed by atoms with E-state index in [2.05, 4.69) is 28.8 Å². The largest absolute Gasteiger partial charge is 0.340 e. The number of ketones is 1. The molecule has 2 aromatic rings. The number of rotatable bonds is 1. The van der Waals surface area contributed by atoms with Crippen molar-refractivity contribution in [3.05, 3.63) is 23.7 Å². The van der Waals surface area contributed by atoms with Gasteiger partial charge in [0.25, 0.3) is 0 Å². The topological polar surface area (TPSA) is 58.6 Å². The normalized spacial score (nSPS) is 31.4. The minimum absolute atomic E-state index is 0.00694. The van der Waals surface area contributed by atoms with E-state index in [0.29, 0.717) is 18.1 Å². The van der Waals surface area contributed by atoms with Crippen LogP contribution in [0.2, 0.25) is 0 Å². The molecule has 20 heavy (non-hydrogen) atoms. The smallest absolute Gasteiger partial charge is 0.177 e. The van der Waals surface area contributed by atoms with Crippen molar-refractivity contribution in [3.8, 4) is 0 Å². The summed E-state index contributed by atoms with van der Waals surface area (Å²) in [6.07, 6.45) is 4.57. The average Bonchev–Trinajstić information content (AvgIpc) is 2.96. The van der Waals surface area contributed by atoms with Crippen molar-refractivity contribution >= 4 is 16.9 Å². The van der Waals surface area contributed by atoms with E-state index in [-0.39, 0.29) is 5.41 Å². The summed E-state index contributed by atoms with van der Waals surface area (Å²) in [6.45, 7) is 6.46. The second-order valence-electron chi connectivity index (χ2n) is 6.96. The number of Topliss-reactive ketones (excluding diaryl/α,β-unsaturated/α-hetero) is 1. The maximum atomic E-state index is 12.6. The molecule has 0 radical (unpaired) electrons. The molecule has 1 N–H and O–H groups in total. The summed E-state index contributed by atoms with van der Waals surface area (Å²) in [7, 11) is 0. The Balaban J connectivity index is 1.95. The molecule has 0 aromatic carbocycles. The van der Waals surface area contributed by atoms with Gasteiger partial charge in [-0.2, -0.15) is 0 Å². The number of hydrogen-bond acceptors (Lipinski definition) is 3. The standard InChI is InChI=1S/C16H19N3O/c1-9-6-11-13(17-8-9)19-14(18-11)16-5-4-10(7-12(16)20)15(16,2)3/h6,8,10H,4-5,7H2,1-3H3,(H,17,18,19). The van der Waals surface area contributed by atoms with Crippen molar-refractivity contribution in [3.63, 3.8) is 0 Å². The van der Waals surface area contributed by atoms with Crippen molar-refractivity contribution < 1.29 is 4.79 Å². The van der Waals surface area contributed by atoms with E-state index in [1.807, 2.05) is 19.2 Å². The summed E-state index contributed by atoms with van der Waals surface area (Å²) in [5.41, 5.74) is 2.33. The number of carbonyl (C=O) groups is 1. The number of aromatic amines is 1. The van der Waals surface area contributed by atoms with Crippen LogP contribution in [-0.4, -0.2) is 20.7 Å². The zero-order valence-corrected chi connectivity index (χ0v) is 12.2. The molecular weight excluding hydrogens is 250 g/mol. The first-order chi connectivity index (χ1) is 9.45. The fourth-order valence-electron chi connectivity index (χ4n) is 4.44. The molecule has 2 bridgehead atoms. The number of hydrogen-bond donors (Lipinski definition) is 1. The van der Waals surface area contributed by atoms with E-state index in [9.17, 15) is 4.79 Å². The van der Waals surface area contributed by atoms with Crippen molar-refractivity contribution in [2.45, 2.75) is 45.4 Å². The average molecular weight is 269 g/mol. The molecular formula is C16H19N3O. The van der Waals surface area contributed by atoms with Gasteiger partial charge in [0.2, 0.25) is 0 Å². The molecule has 0 aliphatic heterocycles. The van der Waals surface area contributed by atoms with Gasteiger partial charge in [0.1, 0.15) is 11.6 Å². The van der Waals surface area contributed by atoms with E-state index < -0.39 is 5.41 Å². The lowest BCUT2D eigenvalue weighted by Gasteiger charge is -2.34. The number of aryl methyl sites for hydroxylation is 1. The van der Waals surface area contributed by atoms with Gasteiger partial charge in [-0.25, -0.2) is 9.97 Å². The van der Waals surface area contributed by atoms with E-state index in [0.717, 1.165) is 35.4 Å². The van der Waals surface area contributed by atoms with Gasteiger partial charge in [0, 0.05) is 12.6 Å². The van der Waals surface area contributed by atoms with Gasteiger partial charge in [0.15, 0.2) is 5.65 Å². The summed E-state index contributed by atoms with van der Waals surface area (Å²) in [4.78, 5) is 25.1. The molecule has 0 saturated heterocycles. The molecule has 2 aromatic heterocycles. The fourth-order valence-corrected chi connectivity index (χ4v) is 4.44. The second-order valence-corrected chi connectivity index (χ2v) is 6.96. The van der Waals surface area contributed by atoms with Gasteiger partial charge >= 0.3 is 0 Å².